The van der Waals surface area contributed by atoms with Crippen LogP contribution in [0.1, 0.15) is 66.2 Å². The number of nitrogens with zero attached hydrogens (tertiary/aromatic N) is 1. The normalized spacial score (nSPS) is 27.9. The summed E-state index contributed by atoms with van der Waals surface area (Å²) in [6, 6.07) is -0.190. The van der Waals surface area contributed by atoms with E-state index in [1.54, 1.807) is 0 Å². The molecule has 0 aromatic carbocycles. The third-order valence-electron chi connectivity index (χ3n) is 4.98. The van der Waals surface area contributed by atoms with Gasteiger partial charge in [0.2, 0.25) is 11.8 Å². The van der Waals surface area contributed by atoms with Crippen molar-refractivity contribution in [1.82, 2.24) is 10.2 Å². The topological polar surface area (TPSA) is 49.4 Å². The van der Waals surface area contributed by atoms with Crippen molar-refractivity contribution in [1.29, 1.82) is 0 Å². The van der Waals surface area contributed by atoms with Gasteiger partial charge in [-0.25, -0.2) is 0 Å². The van der Waals surface area contributed by atoms with E-state index in [4.69, 9.17) is 0 Å². The molecular weight excluding hydrogens is 252 g/mol. The van der Waals surface area contributed by atoms with Gasteiger partial charge in [0.1, 0.15) is 11.6 Å². The van der Waals surface area contributed by atoms with Crippen LogP contribution in [-0.2, 0) is 9.59 Å². The van der Waals surface area contributed by atoms with E-state index in [9.17, 15) is 9.59 Å². The molecule has 1 aliphatic heterocycles. The van der Waals surface area contributed by atoms with Crippen molar-refractivity contribution in [2.24, 2.45) is 5.92 Å². The van der Waals surface area contributed by atoms with Crippen LogP contribution in [0.25, 0.3) is 0 Å². The van der Waals surface area contributed by atoms with Gasteiger partial charge in [-0.3, -0.25) is 9.59 Å². The van der Waals surface area contributed by atoms with Crippen molar-refractivity contribution in [2.75, 3.05) is 0 Å². The molecule has 20 heavy (non-hydrogen) atoms. The molecule has 2 aliphatic rings. The summed E-state index contributed by atoms with van der Waals surface area (Å²) in [6.07, 6.45) is 5.73. The molecule has 2 amide bonds. The lowest BCUT2D eigenvalue weighted by Gasteiger charge is -2.50. The van der Waals surface area contributed by atoms with Gasteiger partial charge in [0.15, 0.2) is 0 Å². The molecule has 1 saturated carbocycles. The highest BCUT2D eigenvalue weighted by atomic mass is 16.2. The van der Waals surface area contributed by atoms with Crippen molar-refractivity contribution in [3.8, 4) is 0 Å². The third-order valence-corrected chi connectivity index (χ3v) is 4.98. The monoisotopic (exact) mass is 280 g/mol. The third kappa shape index (κ3) is 2.45. The van der Waals surface area contributed by atoms with Crippen molar-refractivity contribution in [3.63, 3.8) is 0 Å². The van der Waals surface area contributed by atoms with Crippen LogP contribution in [0.4, 0.5) is 0 Å². The smallest absolute Gasteiger partial charge is 0.249 e. The highest BCUT2D eigenvalue weighted by Crippen LogP contribution is 2.35. The van der Waals surface area contributed by atoms with Gasteiger partial charge in [0.05, 0.1) is 0 Å². The van der Waals surface area contributed by atoms with E-state index in [2.05, 4.69) is 19.2 Å². The predicted molar refractivity (Wildman–Crippen MR) is 79.2 cm³/mol. The molecule has 0 aromatic rings. The zero-order valence-electron chi connectivity index (χ0n) is 13.2. The number of hydrogen-bond acceptors (Lipinski definition) is 2. The Balaban J connectivity index is 2.35. The summed E-state index contributed by atoms with van der Waals surface area (Å²) in [7, 11) is 0. The molecule has 4 heteroatoms. The fourth-order valence-corrected chi connectivity index (χ4v) is 3.65. The molecule has 114 valence electrons. The molecular formula is C16H28N2O2. The van der Waals surface area contributed by atoms with Gasteiger partial charge >= 0.3 is 0 Å². The molecule has 1 N–H and O–H groups in total. The van der Waals surface area contributed by atoms with Gasteiger partial charge < -0.3 is 10.2 Å². The zero-order valence-corrected chi connectivity index (χ0v) is 13.2. The van der Waals surface area contributed by atoms with E-state index in [0.717, 1.165) is 32.1 Å². The van der Waals surface area contributed by atoms with Crippen LogP contribution >= 0.6 is 0 Å². The minimum absolute atomic E-state index is 0.0433. The van der Waals surface area contributed by atoms with Gasteiger partial charge in [-0.15, -0.1) is 0 Å². The van der Waals surface area contributed by atoms with Gasteiger partial charge in [-0.05, 0) is 32.1 Å². The lowest BCUT2D eigenvalue weighted by atomic mass is 9.77. The standard InChI is InChI=1S/C16H28N2O2/c1-5-12(4)18-13(11(2)3)14(19)17-16(15(18)20)9-7-6-8-10-16/h11-13H,5-10H2,1-4H3,(H,17,19). The summed E-state index contributed by atoms with van der Waals surface area (Å²) in [5, 5.41) is 3.09. The second kappa shape index (κ2) is 5.74. The van der Waals surface area contributed by atoms with Crippen LogP contribution in [0.15, 0.2) is 0 Å². The van der Waals surface area contributed by atoms with Gasteiger partial charge in [-0.1, -0.05) is 40.0 Å². The Morgan fingerprint density at radius 1 is 1.20 bits per heavy atom. The van der Waals surface area contributed by atoms with E-state index in [1.807, 2.05) is 18.7 Å². The van der Waals surface area contributed by atoms with Crippen molar-refractivity contribution in [2.45, 2.75) is 83.8 Å². The van der Waals surface area contributed by atoms with Crippen LogP contribution in [0.5, 0.6) is 0 Å². The maximum Gasteiger partial charge on any atom is 0.249 e. The number of carbonyl (C=O) groups excluding carboxylic acids is 2. The first-order valence-corrected chi connectivity index (χ1v) is 8.07. The second-order valence-corrected chi connectivity index (χ2v) is 6.79. The van der Waals surface area contributed by atoms with Crippen molar-refractivity contribution in [3.05, 3.63) is 0 Å². The molecule has 1 heterocycles. The largest absolute Gasteiger partial charge is 0.340 e. The number of amides is 2. The number of hydrogen-bond donors (Lipinski definition) is 1. The van der Waals surface area contributed by atoms with Crippen LogP contribution in [0, 0.1) is 5.92 Å². The van der Waals surface area contributed by atoms with Crippen LogP contribution in [0.2, 0.25) is 0 Å². The SMILES string of the molecule is CCC(C)N1C(=O)C2(CCCCC2)NC(=O)C1C(C)C. The molecule has 4 nitrogen and oxygen atoms in total. The van der Waals surface area contributed by atoms with Gasteiger partial charge in [0.25, 0.3) is 0 Å². The maximum atomic E-state index is 13.1. The number of carbonyl (C=O) groups is 2. The lowest BCUT2D eigenvalue weighted by Crippen LogP contribution is -2.73. The number of nitrogens with one attached hydrogen (secondary N) is 1. The van der Waals surface area contributed by atoms with Crippen LogP contribution in [0.3, 0.4) is 0 Å². The highest BCUT2D eigenvalue weighted by Gasteiger charge is 2.52. The number of piperazine rings is 1. The Bertz CT molecular complexity index is 386. The van der Waals surface area contributed by atoms with Crippen LogP contribution in [-0.4, -0.2) is 34.3 Å². The highest BCUT2D eigenvalue weighted by molar-refractivity contribution is 6.00. The molecule has 2 unspecified atom stereocenters. The lowest BCUT2D eigenvalue weighted by molar-refractivity contribution is -0.161. The first-order chi connectivity index (χ1) is 9.43. The average molecular weight is 280 g/mol. The second-order valence-electron chi connectivity index (χ2n) is 6.79. The molecule has 0 aromatic heterocycles. The molecule has 0 radical (unpaired) electrons. The fraction of sp³-hybridized carbons (Fsp3) is 0.875. The molecule has 0 bridgehead atoms. The van der Waals surface area contributed by atoms with Crippen molar-refractivity contribution >= 4 is 11.8 Å². The maximum absolute atomic E-state index is 13.1. The summed E-state index contributed by atoms with van der Waals surface area (Å²) < 4.78 is 0. The van der Waals surface area contributed by atoms with E-state index >= 15 is 0 Å². The molecule has 1 spiro atoms. The molecule has 1 saturated heterocycles. The Labute approximate surface area is 122 Å². The van der Waals surface area contributed by atoms with Gasteiger partial charge in [-0.2, -0.15) is 0 Å². The summed E-state index contributed by atoms with van der Waals surface area (Å²) in [5.41, 5.74) is -0.607. The van der Waals surface area contributed by atoms with Gasteiger partial charge in [0, 0.05) is 6.04 Å². The quantitative estimate of drug-likeness (QED) is 0.863. The van der Waals surface area contributed by atoms with E-state index in [0.29, 0.717) is 0 Å². The van der Waals surface area contributed by atoms with Crippen LogP contribution < -0.4 is 5.32 Å². The minimum atomic E-state index is -0.607. The first-order valence-electron chi connectivity index (χ1n) is 8.07. The molecule has 1 aliphatic carbocycles. The number of rotatable bonds is 3. The predicted octanol–water partition coefficient (Wildman–Crippen LogP) is 2.47. The summed E-state index contributed by atoms with van der Waals surface area (Å²) in [4.78, 5) is 27.5. The first kappa shape index (κ1) is 15.3. The Morgan fingerprint density at radius 3 is 2.30 bits per heavy atom. The Kier molecular flexibility index (Phi) is 4.40. The molecule has 2 atom stereocenters. The molecule has 2 fully saturated rings. The van der Waals surface area contributed by atoms with E-state index < -0.39 is 5.54 Å². The zero-order chi connectivity index (χ0) is 14.9. The fourth-order valence-electron chi connectivity index (χ4n) is 3.65. The summed E-state index contributed by atoms with van der Waals surface area (Å²) in [6.45, 7) is 8.18. The Hall–Kier alpha value is -1.06. The molecule has 2 rings (SSSR count). The summed E-state index contributed by atoms with van der Waals surface area (Å²) in [5.74, 6) is 0.348. The average Bonchev–Trinajstić information content (AvgIpc) is 2.42. The summed E-state index contributed by atoms with van der Waals surface area (Å²) >= 11 is 0. The van der Waals surface area contributed by atoms with E-state index in [-0.39, 0.29) is 29.8 Å². The Morgan fingerprint density at radius 2 is 1.80 bits per heavy atom. The van der Waals surface area contributed by atoms with Crippen molar-refractivity contribution < 1.29 is 9.59 Å². The van der Waals surface area contributed by atoms with E-state index in [1.165, 1.54) is 6.42 Å². The minimum Gasteiger partial charge on any atom is -0.340 e.